The Bertz CT molecular complexity index is 368. The van der Waals surface area contributed by atoms with Crippen molar-refractivity contribution in [3.05, 3.63) is 23.8 Å². The van der Waals surface area contributed by atoms with Crippen molar-refractivity contribution in [2.45, 2.75) is 0 Å². The van der Waals surface area contributed by atoms with Crippen LogP contribution >= 0.6 is 11.8 Å². The maximum Gasteiger partial charge on any atom is 0.123 e. The molecule has 3 nitrogen and oxygen atoms in total. The minimum absolute atomic E-state index is 0.805. The van der Waals surface area contributed by atoms with Crippen molar-refractivity contribution in [1.82, 2.24) is 0 Å². The van der Waals surface area contributed by atoms with Crippen LogP contribution in [0.15, 0.2) is 23.2 Å². The average molecular weight is 223 g/mol. The van der Waals surface area contributed by atoms with Gasteiger partial charge in [-0.05, 0) is 12.1 Å². The average Bonchev–Trinajstić information content (AvgIpc) is 2.81. The second-order valence-corrected chi connectivity index (χ2v) is 4.22. The molecule has 0 bridgehead atoms. The third kappa shape index (κ3) is 2.26. The number of hydrogen-bond donors (Lipinski definition) is 0. The Labute approximate surface area is 93.5 Å². The van der Waals surface area contributed by atoms with Crippen molar-refractivity contribution in [3.63, 3.8) is 0 Å². The molecule has 4 heteroatoms. The van der Waals surface area contributed by atoms with Crippen LogP contribution in [-0.4, -0.2) is 31.6 Å². The molecule has 0 fully saturated rings. The first-order chi connectivity index (χ1) is 7.33. The molecule has 0 aromatic heterocycles. The SMILES string of the molecule is COc1cc(OC)cc(C2=NCCS2)c1. The number of hydrogen-bond acceptors (Lipinski definition) is 4. The van der Waals surface area contributed by atoms with Gasteiger partial charge in [0, 0.05) is 23.9 Å². The standard InChI is InChI=1S/C11H13NO2S/c1-13-9-5-8(6-10(7-9)14-2)11-12-3-4-15-11/h5-7H,3-4H2,1-2H3. The van der Waals surface area contributed by atoms with E-state index in [4.69, 9.17) is 9.47 Å². The molecule has 2 rings (SSSR count). The van der Waals surface area contributed by atoms with E-state index in [0.717, 1.165) is 34.4 Å². The molecule has 0 aliphatic carbocycles. The van der Waals surface area contributed by atoms with Gasteiger partial charge >= 0.3 is 0 Å². The zero-order valence-electron chi connectivity index (χ0n) is 8.82. The van der Waals surface area contributed by atoms with Gasteiger partial charge in [0.15, 0.2) is 0 Å². The van der Waals surface area contributed by atoms with E-state index in [0.29, 0.717) is 0 Å². The van der Waals surface area contributed by atoms with Crippen LogP contribution in [0.5, 0.6) is 11.5 Å². The second-order valence-electron chi connectivity index (χ2n) is 3.14. The molecule has 0 N–H and O–H groups in total. The normalized spacial score (nSPS) is 14.9. The van der Waals surface area contributed by atoms with E-state index in [2.05, 4.69) is 4.99 Å². The fourth-order valence-corrected chi connectivity index (χ4v) is 2.28. The van der Waals surface area contributed by atoms with Gasteiger partial charge in [-0.1, -0.05) is 0 Å². The van der Waals surface area contributed by atoms with Crippen LogP contribution in [0.1, 0.15) is 5.56 Å². The molecule has 80 valence electrons. The third-order valence-electron chi connectivity index (χ3n) is 2.18. The molecule has 1 aliphatic rings. The Morgan fingerprint density at radius 1 is 1.13 bits per heavy atom. The molecule has 1 aromatic carbocycles. The summed E-state index contributed by atoms with van der Waals surface area (Å²) in [6.07, 6.45) is 0. The lowest BCUT2D eigenvalue weighted by molar-refractivity contribution is 0.394. The summed E-state index contributed by atoms with van der Waals surface area (Å²) >= 11 is 1.77. The summed E-state index contributed by atoms with van der Waals surface area (Å²) in [5, 5.41) is 1.08. The van der Waals surface area contributed by atoms with Crippen LogP contribution < -0.4 is 9.47 Å². The maximum absolute atomic E-state index is 5.21. The Kier molecular flexibility index (Phi) is 3.16. The first kappa shape index (κ1) is 10.4. The predicted octanol–water partition coefficient (Wildman–Crippen LogP) is 2.20. The first-order valence-electron chi connectivity index (χ1n) is 4.74. The summed E-state index contributed by atoms with van der Waals surface area (Å²) in [6, 6.07) is 5.84. The molecule has 1 heterocycles. The molecule has 0 saturated carbocycles. The quantitative estimate of drug-likeness (QED) is 0.787. The van der Waals surface area contributed by atoms with Crippen molar-refractivity contribution in [3.8, 4) is 11.5 Å². The summed E-state index contributed by atoms with van der Waals surface area (Å²) in [5.74, 6) is 2.67. The molecule has 0 spiro atoms. The largest absolute Gasteiger partial charge is 0.497 e. The minimum atomic E-state index is 0.805. The van der Waals surface area contributed by atoms with E-state index < -0.39 is 0 Å². The molecular formula is C11H13NO2S. The summed E-state index contributed by atoms with van der Waals surface area (Å²) in [4.78, 5) is 4.43. The molecule has 0 amide bonds. The summed E-state index contributed by atoms with van der Waals surface area (Å²) in [5.41, 5.74) is 1.08. The highest BCUT2D eigenvalue weighted by Gasteiger charge is 2.12. The molecule has 15 heavy (non-hydrogen) atoms. The van der Waals surface area contributed by atoms with Gasteiger partial charge in [0.05, 0.1) is 19.3 Å². The summed E-state index contributed by atoms with van der Waals surface area (Å²) < 4.78 is 10.4. The topological polar surface area (TPSA) is 30.8 Å². The van der Waals surface area contributed by atoms with Crippen LogP contribution in [0, 0.1) is 0 Å². The Morgan fingerprint density at radius 2 is 1.80 bits per heavy atom. The van der Waals surface area contributed by atoms with Crippen LogP contribution in [0.4, 0.5) is 0 Å². The molecular weight excluding hydrogens is 210 g/mol. The number of thioether (sulfide) groups is 1. The van der Waals surface area contributed by atoms with Crippen molar-refractivity contribution in [1.29, 1.82) is 0 Å². The number of aliphatic imine (C=N–C) groups is 1. The fraction of sp³-hybridized carbons (Fsp3) is 0.364. The predicted molar refractivity (Wildman–Crippen MR) is 63.4 cm³/mol. The van der Waals surface area contributed by atoms with Gasteiger partial charge in [0.1, 0.15) is 11.5 Å². The third-order valence-corrected chi connectivity index (χ3v) is 3.21. The molecule has 1 aromatic rings. The maximum atomic E-state index is 5.21. The Hall–Kier alpha value is -1.16. The lowest BCUT2D eigenvalue weighted by Gasteiger charge is -2.07. The number of nitrogens with zero attached hydrogens (tertiary/aromatic N) is 1. The molecule has 1 aliphatic heterocycles. The highest BCUT2D eigenvalue weighted by Crippen LogP contribution is 2.27. The summed E-state index contributed by atoms with van der Waals surface area (Å²) in [6.45, 7) is 0.902. The van der Waals surface area contributed by atoms with Crippen molar-refractivity contribution < 1.29 is 9.47 Å². The number of rotatable bonds is 3. The Balaban J connectivity index is 2.37. The van der Waals surface area contributed by atoms with Crippen LogP contribution in [-0.2, 0) is 0 Å². The smallest absolute Gasteiger partial charge is 0.123 e. The molecule has 0 saturated heterocycles. The van der Waals surface area contributed by atoms with Crippen LogP contribution in [0.2, 0.25) is 0 Å². The second kappa shape index (κ2) is 4.57. The Morgan fingerprint density at radius 3 is 2.27 bits per heavy atom. The van der Waals surface area contributed by atoms with E-state index in [9.17, 15) is 0 Å². The van der Waals surface area contributed by atoms with Gasteiger partial charge in [-0.2, -0.15) is 0 Å². The van der Waals surface area contributed by atoms with Gasteiger partial charge in [-0.15, -0.1) is 11.8 Å². The van der Waals surface area contributed by atoms with Crippen molar-refractivity contribution in [2.24, 2.45) is 4.99 Å². The number of benzene rings is 1. The van der Waals surface area contributed by atoms with E-state index in [1.807, 2.05) is 18.2 Å². The molecule has 0 atom stereocenters. The fourth-order valence-electron chi connectivity index (χ4n) is 1.44. The van der Waals surface area contributed by atoms with Gasteiger partial charge in [-0.3, -0.25) is 4.99 Å². The van der Waals surface area contributed by atoms with Gasteiger partial charge in [-0.25, -0.2) is 0 Å². The van der Waals surface area contributed by atoms with Crippen molar-refractivity contribution >= 4 is 16.8 Å². The highest BCUT2D eigenvalue weighted by molar-refractivity contribution is 8.14. The lowest BCUT2D eigenvalue weighted by atomic mass is 10.2. The van der Waals surface area contributed by atoms with E-state index in [1.54, 1.807) is 26.0 Å². The first-order valence-corrected chi connectivity index (χ1v) is 5.73. The zero-order chi connectivity index (χ0) is 10.7. The van der Waals surface area contributed by atoms with E-state index in [-0.39, 0.29) is 0 Å². The van der Waals surface area contributed by atoms with E-state index in [1.165, 1.54) is 0 Å². The van der Waals surface area contributed by atoms with E-state index >= 15 is 0 Å². The lowest BCUT2D eigenvalue weighted by Crippen LogP contribution is -1.95. The summed E-state index contributed by atoms with van der Waals surface area (Å²) in [7, 11) is 3.31. The minimum Gasteiger partial charge on any atom is -0.497 e. The monoisotopic (exact) mass is 223 g/mol. The van der Waals surface area contributed by atoms with Gasteiger partial charge in [0.25, 0.3) is 0 Å². The van der Waals surface area contributed by atoms with Crippen LogP contribution in [0.25, 0.3) is 0 Å². The number of methoxy groups -OCH3 is 2. The van der Waals surface area contributed by atoms with Gasteiger partial charge in [0.2, 0.25) is 0 Å². The van der Waals surface area contributed by atoms with Gasteiger partial charge < -0.3 is 9.47 Å². The van der Waals surface area contributed by atoms with Crippen LogP contribution in [0.3, 0.4) is 0 Å². The molecule has 0 radical (unpaired) electrons. The zero-order valence-corrected chi connectivity index (χ0v) is 9.63. The molecule has 0 unspecified atom stereocenters. The highest BCUT2D eigenvalue weighted by atomic mass is 32.2. The van der Waals surface area contributed by atoms with Crippen molar-refractivity contribution in [2.75, 3.05) is 26.5 Å². The number of ether oxygens (including phenoxy) is 2.